The topological polar surface area (TPSA) is 101 Å². The minimum atomic E-state index is -0.299. The summed E-state index contributed by atoms with van der Waals surface area (Å²) in [5, 5.41) is 15.6. The van der Waals surface area contributed by atoms with E-state index in [1.807, 2.05) is 29.6 Å². The van der Waals surface area contributed by atoms with Crippen molar-refractivity contribution in [3.05, 3.63) is 65.8 Å². The molecular formula is C19H15N5O3S2. The number of furan rings is 2. The van der Waals surface area contributed by atoms with Gasteiger partial charge in [-0.05, 0) is 35.7 Å². The van der Waals surface area contributed by atoms with Gasteiger partial charge in [-0.2, -0.15) is 5.10 Å². The van der Waals surface area contributed by atoms with E-state index in [2.05, 4.69) is 20.3 Å². The summed E-state index contributed by atoms with van der Waals surface area (Å²) >= 11 is 2.84. The lowest BCUT2D eigenvalue weighted by Gasteiger charge is -2.19. The first-order chi connectivity index (χ1) is 14.3. The van der Waals surface area contributed by atoms with E-state index in [1.165, 1.54) is 16.8 Å². The number of nitrogens with zero attached hydrogens (tertiary/aromatic N) is 4. The van der Waals surface area contributed by atoms with Gasteiger partial charge in [-0.1, -0.05) is 17.8 Å². The normalized spacial score (nSPS) is 16.3. The third kappa shape index (κ3) is 3.64. The quantitative estimate of drug-likeness (QED) is 0.465. The zero-order valence-corrected chi connectivity index (χ0v) is 16.7. The molecule has 4 aromatic heterocycles. The van der Waals surface area contributed by atoms with E-state index >= 15 is 0 Å². The highest BCUT2D eigenvalue weighted by molar-refractivity contribution is 7.99. The molecule has 10 heteroatoms. The van der Waals surface area contributed by atoms with Crippen LogP contribution in [0.4, 0.5) is 0 Å². The van der Waals surface area contributed by atoms with Crippen molar-refractivity contribution in [1.82, 2.24) is 20.2 Å². The maximum absolute atomic E-state index is 12.9. The Labute approximate surface area is 173 Å². The highest BCUT2D eigenvalue weighted by atomic mass is 32.2. The number of amides is 1. The van der Waals surface area contributed by atoms with Crippen LogP contribution in [0.15, 0.2) is 73.4 Å². The maximum atomic E-state index is 12.9. The third-order valence-corrected chi connectivity index (χ3v) is 6.10. The van der Waals surface area contributed by atoms with Crippen LogP contribution in [-0.2, 0) is 4.79 Å². The average molecular weight is 425 g/mol. The predicted octanol–water partition coefficient (Wildman–Crippen LogP) is 4.19. The lowest BCUT2D eigenvalue weighted by atomic mass is 10.1. The molecule has 8 nitrogen and oxygen atoms in total. The Morgan fingerprint density at radius 2 is 2.14 bits per heavy atom. The summed E-state index contributed by atoms with van der Waals surface area (Å²) in [6.07, 6.45) is 3.71. The van der Waals surface area contributed by atoms with Crippen molar-refractivity contribution < 1.29 is 13.6 Å². The number of rotatable bonds is 6. The molecule has 0 aromatic carbocycles. The first-order valence-electron chi connectivity index (χ1n) is 8.84. The summed E-state index contributed by atoms with van der Waals surface area (Å²) in [7, 11) is 0. The zero-order chi connectivity index (χ0) is 19.6. The van der Waals surface area contributed by atoms with E-state index in [1.54, 1.807) is 36.0 Å². The molecule has 1 aliphatic rings. The number of carbonyl (C=O) groups is 1. The second-order valence-corrected chi connectivity index (χ2v) is 8.12. The summed E-state index contributed by atoms with van der Waals surface area (Å²) < 4.78 is 11.0. The molecule has 29 heavy (non-hydrogen) atoms. The molecule has 4 aromatic rings. The number of hydrogen-bond acceptors (Lipinski definition) is 8. The highest BCUT2D eigenvalue weighted by Crippen LogP contribution is 2.34. The number of aromatic amines is 1. The van der Waals surface area contributed by atoms with E-state index in [-0.39, 0.29) is 17.7 Å². The fraction of sp³-hybridized carbons (Fsp3) is 0.158. The number of carbonyl (C=O) groups excluding carboxylic acids is 1. The van der Waals surface area contributed by atoms with Crippen LogP contribution in [0, 0.1) is 0 Å². The fourth-order valence-corrected chi connectivity index (χ4v) is 4.38. The summed E-state index contributed by atoms with van der Waals surface area (Å²) in [4.78, 5) is 18.4. The number of nitrogens with one attached hydrogen (secondary N) is 1. The van der Waals surface area contributed by atoms with E-state index in [0.29, 0.717) is 34.6 Å². The molecule has 1 unspecified atom stereocenters. The Morgan fingerprint density at radius 1 is 1.24 bits per heavy atom. The minimum Gasteiger partial charge on any atom is -0.467 e. The molecule has 1 amide bonds. The molecule has 0 aliphatic carbocycles. The Morgan fingerprint density at radius 3 is 2.90 bits per heavy atom. The Balaban J connectivity index is 1.31. The largest absolute Gasteiger partial charge is 0.467 e. The van der Waals surface area contributed by atoms with E-state index in [0.717, 1.165) is 4.88 Å². The van der Waals surface area contributed by atoms with Crippen LogP contribution in [0.3, 0.4) is 0 Å². The van der Waals surface area contributed by atoms with Crippen molar-refractivity contribution in [1.29, 1.82) is 0 Å². The lowest BCUT2D eigenvalue weighted by molar-refractivity contribution is -0.130. The Hall–Kier alpha value is -3.11. The first-order valence-corrected chi connectivity index (χ1v) is 10.7. The smallest absolute Gasteiger partial charge is 0.253 e. The lowest BCUT2D eigenvalue weighted by Crippen LogP contribution is -2.28. The predicted molar refractivity (Wildman–Crippen MR) is 109 cm³/mol. The van der Waals surface area contributed by atoms with Crippen LogP contribution in [0.2, 0.25) is 0 Å². The molecule has 1 aliphatic heterocycles. The maximum Gasteiger partial charge on any atom is 0.253 e. The fourth-order valence-electron chi connectivity index (χ4n) is 3.06. The number of hydrazone groups is 1. The highest BCUT2D eigenvalue weighted by Gasteiger charge is 2.35. The van der Waals surface area contributed by atoms with Crippen molar-refractivity contribution in [2.75, 3.05) is 5.75 Å². The molecular weight excluding hydrogens is 410 g/mol. The molecule has 1 N–H and O–H groups in total. The van der Waals surface area contributed by atoms with E-state index in [9.17, 15) is 4.79 Å². The SMILES string of the molecule is O=C(CSc1n[nH]c(-c2cccs2)n1)N1N=C(c2ccco2)CC1c1ccco1. The zero-order valence-electron chi connectivity index (χ0n) is 15.0. The van der Waals surface area contributed by atoms with Crippen LogP contribution in [0.25, 0.3) is 10.7 Å². The second kappa shape index (κ2) is 7.72. The van der Waals surface area contributed by atoms with Gasteiger partial charge in [0, 0.05) is 6.42 Å². The molecule has 0 radical (unpaired) electrons. The van der Waals surface area contributed by atoms with Gasteiger partial charge in [0.05, 0.1) is 23.2 Å². The molecule has 5 rings (SSSR count). The van der Waals surface area contributed by atoms with Crippen LogP contribution in [0.1, 0.15) is 24.0 Å². The van der Waals surface area contributed by atoms with E-state index in [4.69, 9.17) is 8.83 Å². The Kier molecular flexibility index (Phi) is 4.78. The second-order valence-electron chi connectivity index (χ2n) is 6.23. The van der Waals surface area contributed by atoms with Crippen LogP contribution >= 0.6 is 23.1 Å². The molecule has 0 saturated heterocycles. The van der Waals surface area contributed by atoms with Crippen LogP contribution in [-0.4, -0.2) is 37.6 Å². The monoisotopic (exact) mass is 425 g/mol. The van der Waals surface area contributed by atoms with E-state index < -0.39 is 0 Å². The van der Waals surface area contributed by atoms with Gasteiger partial charge < -0.3 is 8.83 Å². The molecule has 146 valence electrons. The minimum absolute atomic E-state index is 0.152. The molecule has 0 saturated carbocycles. The van der Waals surface area contributed by atoms with Gasteiger partial charge in [0.2, 0.25) is 5.16 Å². The first kappa shape index (κ1) is 18.0. The van der Waals surface area contributed by atoms with Crippen molar-refractivity contribution in [2.24, 2.45) is 5.10 Å². The Bertz CT molecular complexity index is 1120. The number of thioether (sulfide) groups is 1. The standard InChI is InChI=1S/C19H15N5O3S2/c25-17(11-29-19-20-18(21-22-19)16-6-3-9-28-16)24-13(15-5-2-8-27-15)10-12(23-24)14-4-1-7-26-14/h1-9,13H,10-11H2,(H,20,21,22). The van der Waals surface area contributed by atoms with Crippen molar-refractivity contribution in [3.63, 3.8) is 0 Å². The molecule has 5 heterocycles. The molecule has 0 spiro atoms. The van der Waals surface area contributed by atoms with Gasteiger partial charge in [0.1, 0.15) is 23.3 Å². The third-order valence-electron chi connectivity index (χ3n) is 4.39. The van der Waals surface area contributed by atoms with Crippen molar-refractivity contribution >= 4 is 34.7 Å². The molecule has 0 bridgehead atoms. The number of hydrogen-bond donors (Lipinski definition) is 1. The average Bonchev–Trinajstić information content (AvgIpc) is 3.56. The molecule has 0 fully saturated rings. The van der Waals surface area contributed by atoms with Gasteiger partial charge >= 0.3 is 0 Å². The molecule has 1 atom stereocenters. The number of aromatic nitrogens is 3. The van der Waals surface area contributed by atoms with Gasteiger partial charge in [-0.3, -0.25) is 9.89 Å². The van der Waals surface area contributed by atoms with Crippen molar-refractivity contribution in [2.45, 2.75) is 17.6 Å². The van der Waals surface area contributed by atoms with Crippen LogP contribution in [0.5, 0.6) is 0 Å². The van der Waals surface area contributed by atoms with Gasteiger partial charge in [0.15, 0.2) is 5.82 Å². The number of H-pyrrole nitrogens is 1. The van der Waals surface area contributed by atoms with Gasteiger partial charge in [-0.15, -0.1) is 16.4 Å². The summed E-state index contributed by atoms with van der Waals surface area (Å²) in [6, 6.07) is 10.9. The summed E-state index contributed by atoms with van der Waals surface area (Å²) in [5.74, 6) is 2.04. The summed E-state index contributed by atoms with van der Waals surface area (Å²) in [6.45, 7) is 0. The summed E-state index contributed by atoms with van der Waals surface area (Å²) in [5.41, 5.74) is 0.715. The van der Waals surface area contributed by atoms with Gasteiger partial charge in [-0.25, -0.2) is 9.99 Å². The van der Waals surface area contributed by atoms with Crippen LogP contribution < -0.4 is 0 Å². The number of thiophene rings is 1. The van der Waals surface area contributed by atoms with Gasteiger partial charge in [0.25, 0.3) is 5.91 Å². The van der Waals surface area contributed by atoms with Crippen molar-refractivity contribution in [3.8, 4) is 10.7 Å².